The third kappa shape index (κ3) is 8.32. The molecule has 11 aromatic carbocycles. The van der Waals surface area contributed by atoms with Gasteiger partial charge in [-0.3, -0.25) is 0 Å². The molecule has 0 bridgehead atoms. The van der Waals surface area contributed by atoms with Crippen LogP contribution in [0.15, 0.2) is 291 Å². The molecule has 5 nitrogen and oxygen atoms in total. The second kappa shape index (κ2) is 19.8. The Morgan fingerprint density at radius 2 is 0.675 bits per heavy atom. The van der Waals surface area contributed by atoms with Crippen LogP contribution >= 0.6 is 0 Å². The van der Waals surface area contributed by atoms with E-state index in [1.807, 2.05) is 36.4 Å². The lowest BCUT2D eigenvalue weighted by Crippen LogP contribution is -2.16. The van der Waals surface area contributed by atoms with Crippen molar-refractivity contribution in [1.82, 2.24) is 24.1 Å². The van der Waals surface area contributed by atoms with Gasteiger partial charge < -0.3 is 9.13 Å². The molecule has 1 unspecified atom stereocenters. The summed E-state index contributed by atoms with van der Waals surface area (Å²) in [6.07, 6.45) is 3.00. The van der Waals surface area contributed by atoms with Crippen molar-refractivity contribution in [2.24, 2.45) is 0 Å². The summed E-state index contributed by atoms with van der Waals surface area (Å²) < 4.78 is 5.01. The summed E-state index contributed by atoms with van der Waals surface area (Å²) in [5, 5.41) is 4.83. The number of hydrogen-bond acceptors (Lipinski definition) is 3. The molecule has 0 amide bonds. The number of hydrogen-bond donors (Lipinski definition) is 0. The summed E-state index contributed by atoms with van der Waals surface area (Å²) in [6, 6.07) is 103. The molecule has 0 saturated heterocycles. The highest BCUT2D eigenvalue weighted by Crippen LogP contribution is 2.50. The average molecular weight is 1020 g/mol. The van der Waals surface area contributed by atoms with Crippen LogP contribution in [-0.2, 0) is 0 Å². The number of aromatic nitrogens is 5. The zero-order valence-electron chi connectivity index (χ0n) is 43.7. The maximum Gasteiger partial charge on any atom is 0.164 e. The van der Waals surface area contributed by atoms with E-state index in [4.69, 9.17) is 15.0 Å². The summed E-state index contributed by atoms with van der Waals surface area (Å²) in [6.45, 7) is 0. The van der Waals surface area contributed by atoms with Gasteiger partial charge in [0, 0.05) is 55.5 Å². The van der Waals surface area contributed by atoms with Gasteiger partial charge in [0.25, 0.3) is 0 Å². The van der Waals surface area contributed by atoms with E-state index in [1.165, 1.54) is 71.7 Å². The quantitative estimate of drug-likeness (QED) is 0.137. The molecule has 3 heterocycles. The highest BCUT2D eigenvalue weighted by atomic mass is 15.0. The molecule has 0 saturated carbocycles. The van der Waals surface area contributed by atoms with E-state index in [0.717, 1.165) is 50.1 Å². The van der Waals surface area contributed by atoms with Gasteiger partial charge in [-0.25, -0.2) is 15.0 Å². The largest absolute Gasteiger partial charge is 0.312 e. The summed E-state index contributed by atoms with van der Waals surface area (Å²) in [7, 11) is 0. The van der Waals surface area contributed by atoms with Gasteiger partial charge in [0.2, 0.25) is 0 Å². The minimum Gasteiger partial charge on any atom is -0.312 e. The number of para-hydroxylation sites is 2. The van der Waals surface area contributed by atoms with E-state index >= 15 is 0 Å². The van der Waals surface area contributed by atoms with Crippen LogP contribution in [0.4, 0.5) is 0 Å². The van der Waals surface area contributed by atoms with Crippen molar-refractivity contribution in [1.29, 1.82) is 0 Å². The molecule has 1 aliphatic rings. The molecule has 0 spiro atoms. The standard InChI is InChI=1S/C75H51N5/c1-6-20-50(21-7-1)53-34-38-55(39-35-53)64-47-60(75-77-73(57-26-12-4-13-27-57)76-74(78-75)58-28-14-5-15-29-58)48-65(56-40-36-54(37-41-56)51-22-8-2-9-23-51)72(64)80-70-44-42-59(52-24-10-3-11-25-52)46-66(70)67-49-61(43-45-71(67)80)79-68-32-18-16-30-62(68)63-31-17-19-33-69(63)79/h1-47,49,65H,48H2. The van der Waals surface area contributed by atoms with Crippen molar-refractivity contribution in [3.8, 4) is 61.8 Å². The van der Waals surface area contributed by atoms with Crippen molar-refractivity contribution in [3.05, 3.63) is 308 Å². The van der Waals surface area contributed by atoms with E-state index in [-0.39, 0.29) is 5.92 Å². The Hall–Kier alpha value is -10.5. The summed E-state index contributed by atoms with van der Waals surface area (Å²) >= 11 is 0. The Bertz CT molecular complexity index is 4560. The molecule has 5 heteroatoms. The van der Waals surface area contributed by atoms with Crippen molar-refractivity contribution >= 4 is 60.5 Å². The highest BCUT2D eigenvalue weighted by Gasteiger charge is 2.32. The molecule has 3 aromatic heterocycles. The first-order valence-corrected chi connectivity index (χ1v) is 27.4. The Morgan fingerprint density at radius 1 is 0.287 bits per heavy atom. The third-order valence-corrected chi connectivity index (χ3v) is 16.0. The molecule has 0 aliphatic heterocycles. The Labute approximate surface area is 464 Å². The van der Waals surface area contributed by atoms with E-state index in [0.29, 0.717) is 23.9 Å². The lowest BCUT2D eigenvalue weighted by atomic mass is 9.79. The minimum atomic E-state index is -0.162. The van der Waals surface area contributed by atoms with E-state index < -0.39 is 0 Å². The van der Waals surface area contributed by atoms with Crippen molar-refractivity contribution in [2.45, 2.75) is 12.3 Å². The molecular formula is C75H51N5. The third-order valence-electron chi connectivity index (χ3n) is 16.0. The second-order valence-corrected chi connectivity index (χ2v) is 20.7. The van der Waals surface area contributed by atoms with Gasteiger partial charge in [0.15, 0.2) is 17.5 Å². The molecule has 1 aliphatic carbocycles. The summed E-state index contributed by atoms with van der Waals surface area (Å²) in [4.78, 5) is 15.9. The SMILES string of the molecule is C1=C(c2nc(-c3ccccc3)nc(-c3ccccc3)n2)CC(c2ccc(-c3ccccc3)cc2)C(n2c3ccc(-c4ccccc4)cc3c3cc(-n4c5ccccc5c5ccccc54)ccc32)=C1c1ccc(-c2ccccc2)cc1. The maximum atomic E-state index is 5.40. The van der Waals surface area contributed by atoms with Crippen LogP contribution in [0, 0.1) is 0 Å². The first-order valence-electron chi connectivity index (χ1n) is 27.4. The Kier molecular flexibility index (Phi) is 11.6. The van der Waals surface area contributed by atoms with Crippen LogP contribution < -0.4 is 0 Å². The second-order valence-electron chi connectivity index (χ2n) is 20.7. The van der Waals surface area contributed by atoms with Gasteiger partial charge in [-0.2, -0.15) is 0 Å². The smallest absolute Gasteiger partial charge is 0.164 e. The summed E-state index contributed by atoms with van der Waals surface area (Å²) in [5.74, 6) is 1.77. The van der Waals surface area contributed by atoms with E-state index in [2.05, 4.69) is 264 Å². The predicted octanol–water partition coefficient (Wildman–Crippen LogP) is 19.1. The first kappa shape index (κ1) is 46.8. The molecule has 0 radical (unpaired) electrons. The monoisotopic (exact) mass is 1020 g/mol. The van der Waals surface area contributed by atoms with Crippen molar-refractivity contribution in [3.63, 3.8) is 0 Å². The van der Waals surface area contributed by atoms with Gasteiger partial charge in [-0.1, -0.05) is 243 Å². The molecule has 376 valence electrons. The molecule has 1 atom stereocenters. The van der Waals surface area contributed by atoms with Crippen molar-refractivity contribution < 1.29 is 0 Å². The first-order chi connectivity index (χ1) is 39.7. The van der Waals surface area contributed by atoms with Crippen LogP contribution in [0.1, 0.15) is 29.3 Å². The van der Waals surface area contributed by atoms with Gasteiger partial charge in [0.05, 0.1) is 22.1 Å². The topological polar surface area (TPSA) is 48.5 Å². The van der Waals surface area contributed by atoms with Crippen LogP contribution in [0.25, 0.3) is 122 Å². The molecule has 80 heavy (non-hydrogen) atoms. The number of allylic oxidation sites excluding steroid dienone is 4. The van der Waals surface area contributed by atoms with Gasteiger partial charge in [-0.15, -0.1) is 0 Å². The van der Waals surface area contributed by atoms with Gasteiger partial charge in [-0.05, 0) is 105 Å². The van der Waals surface area contributed by atoms with Crippen LogP contribution in [0.3, 0.4) is 0 Å². The van der Waals surface area contributed by atoms with Crippen LogP contribution in [-0.4, -0.2) is 24.1 Å². The molecular weight excluding hydrogens is 971 g/mol. The molecule has 0 N–H and O–H groups in total. The van der Waals surface area contributed by atoms with Gasteiger partial charge in [0.1, 0.15) is 0 Å². The number of benzene rings is 11. The Balaban J connectivity index is 1.03. The van der Waals surface area contributed by atoms with E-state index in [1.54, 1.807) is 0 Å². The molecule has 14 aromatic rings. The normalized spacial score (nSPS) is 13.6. The lowest BCUT2D eigenvalue weighted by molar-refractivity contribution is 0.835. The van der Waals surface area contributed by atoms with Gasteiger partial charge >= 0.3 is 0 Å². The molecule has 15 rings (SSSR count). The zero-order chi connectivity index (χ0) is 52.9. The lowest BCUT2D eigenvalue weighted by Gasteiger charge is -2.31. The fourth-order valence-corrected chi connectivity index (χ4v) is 12.1. The van der Waals surface area contributed by atoms with Crippen molar-refractivity contribution in [2.75, 3.05) is 0 Å². The van der Waals surface area contributed by atoms with E-state index in [9.17, 15) is 0 Å². The highest BCUT2D eigenvalue weighted by molar-refractivity contribution is 6.15. The average Bonchev–Trinajstić information content (AvgIpc) is 4.26. The maximum absolute atomic E-state index is 5.40. The fraction of sp³-hybridized carbons (Fsp3) is 0.0267. The Morgan fingerprint density at radius 3 is 1.21 bits per heavy atom. The number of rotatable bonds is 10. The summed E-state index contributed by atoms with van der Waals surface area (Å²) in [5.41, 5.74) is 20.2. The minimum absolute atomic E-state index is 0.162. The van der Waals surface area contributed by atoms with Crippen LogP contribution in [0.5, 0.6) is 0 Å². The number of nitrogens with zero attached hydrogens (tertiary/aromatic N) is 5. The number of fused-ring (bicyclic) bond motifs is 6. The zero-order valence-corrected chi connectivity index (χ0v) is 43.7. The molecule has 0 fully saturated rings. The fourth-order valence-electron chi connectivity index (χ4n) is 12.1. The predicted molar refractivity (Wildman–Crippen MR) is 332 cm³/mol. The van der Waals surface area contributed by atoms with Crippen LogP contribution in [0.2, 0.25) is 0 Å².